The van der Waals surface area contributed by atoms with Gasteiger partial charge in [0.25, 0.3) is 5.91 Å². The summed E-state index contributed by atoms with van der Waals surface area (Å²) in [6.07, 6.45) is 2.23. The van der Waals surface area contributed by atoms with E-state index in [9.17, 15) is 28.8 Å². The van der Waals surface area contributed by atoms with E-state index in [1.165, 1.54) is 13.1 Å². The molecular weight excluding hydrogens is 716 g/mol. The van der Waals surface area contributed by atoms with Gasteiger partial charge in [0.1, 0.15) is 43.6 Å². The maximum Gasteiger partial charge on any atom is 0.308 e. The molecule has 2 fully saturated rings. The number of nitrogens with one attached hydrogen (secondary N) is 5. The van der Waals surface area contributed by atoms with Crippen LogP contribution < -0.4 is 30.7 Å². The number of quaternary nitrogens is 1. The number of H-pyrrole nitrogens is 1. The summed E-state index contributed by atoms with van der Waals surface area (Å²) in [4.78, 5) is 76.9. The zero-order valence-corrected chi connectivity index (χ0v) is 32.5. The van der Waals surface area contributed by atoms with Crippen molar-refractivity contribution in [2.45, 2.75) is 85.2 Å². The summed E-state index contributed by atoms with van der Waals surface area (Å²) in [5, 5.41) is 20.9. The van der Waals surface area contributed by atoms with Gasteiger partial charge in [-0.25, -0.2) is 0 Å². The molecule has 1 aromatic heterocycles. The Labute approximate surface area is 320 Å². The molecule has 0 unspecified atom stereocenters. The number of hydrogen-bond donors (Lipinski definition) is 5. The van der Waals surface area contributed by atoms with Crippen molar-refractivity contribution in [3.63, 3.8) is 0 Å². The van der Waals surface area contributed by atoms with Crippen LogP contribution >= 0.6 is 0 Å². The van der Waals surface area contributed by atoms with E-state index < -0.39 is 41.4 Å². The van der Waals surface area contributed by atoms with Crippen molar-refractivity contribution in [1.29, 1.82) is 0 Å². The van der Waals surface area contributed by atoms with Gasteiger partial charge in [-0.15, -0.1) is 0 Å². The number of esters is 1. The Balaban J connectivity index is 1.32. The largest absolute Gasteiger partial charge is 0.483 e. The number of rotatable bonds is 21. The monoisotopic (exact) mass is 771 g/mol. The highest BCUT2D eigenvalue weighted by Gasteiger charge is 2.50. The lowest BCUT2D eigenvalue weighted by molar-refractivity contribution is -0.940. The molecule has 4 rings (SSSR count). The number of aromatic amines is 1. The predicted molar refractivity (Wildman–Crippen MR) is 196 cm³/mol. The molecule has 3 atom stereocenters. The molecule has 302 valence electrons. The maximum atomic E-state index is 13.3. The molecule has 2 aliphatic heterocycles. The molecule has 18 nitrogen and oxygen atoms in total. The molecule has 0 aliphatic carbocycles. The molecule has 2 aliphatic rings. The van der Waals surface area contributed by atoms with Crippen molar-refractivity contribution in [1.82, 2.24) is 36.7 Å². The van der Waals surface area contributed by atoms with Crippen molar-refractivity contribution in [3.8, 4) is 11.5 Å². The third-order valence-corrected chi connectivity index (χ3v) is 9.20. The van der Waals surface area contributed by atoms with Crippen LogP contribution in [0.2, 0.25) is 0 Å². The maximum absolute atomic E-state index is 13.3. The van der Waals surface area contributed by atoms with Gasteiger partial charge < -0.3 is 44.7 Å². The molecule has 1 aromatic carbocycles. The van der Waals surface area contributed by atoms with E-state index in [0.29, 0.717) is 61.8 Å². The number of hydrogen-bond acceptors (Lipinski definition) is 12. The van der Waals surface area contributed by atoms with Crippen LogP contribution in [0.3, 0.4) is 0 Å². The van der Waals surface area contributed by atoms with Crippen molar-refractivity contribution in [2.24, 2.45) is 11.8 Å². The lowest BCUT2D eigenvalue weighted by Crippen LogP contribution is -2.59. The Kier molecular flexibility index (Phi) is 15.2. The molecule has 2 aromatic rings. The van der Waals surface area contributed by atoms with Crippen LogP contribution in [0.1, 0.15) is 65.6 Å². The lowest BCUT2D eigenvalue weighted by Gasteiger charge is -2.40. The summed E-state index contributed by atoms with van der Waals surface area (Å²) >= 11 is 0. The number of morpholine rings is 1. The summed E-state index contributed by atoms with van der Waals surface area (Å²) in [6.45, 7) is 12.7. The van der Waals surface area contributed by atoms with Gasteiger partial charge >= 0.3 is 5.97 Å². The smallest absolute Gasteiger partial charge is 0.308 e. The number of ether oxygens (including phenoxy) is 4. The van der Waals surface area contributed by atoms with Crippen LogP contribution in [0.5, 0.6) is 11.5 Å². The van der Waals surface area contributed by atoms with Gasteiger partial charge in [0.05, 0.1) is 45.1 Å². The highest BCUT2D eigenvalue weighted by molar-refractivity contribution is 5.97. The van der Waals surface area contributed by atoms with Crippen LogP contribution in [0, 0.1) is 11.8 Å². The van der Waals surface area contributed by atoms with Crippen LogP contribution in [0.4, 0.5) is 0 Å². The molecule has 0 spiro atoms. The number of ketones is 1. The minimum Gasteiger partial charge on any atom is -0.483 e. The number of Topliss-reactive ketones (excluding diaryl/α,β-unsaturated/α-hetero) is 1. The molecule has 18 heteroatoms. The van der Waals surface area contributed by atoms with E-state index in [1.807, 2.05) is 27.7 Å². The Morgan fingerprint density at radius 1 is 0.909 bits per heavy atom. The molecule has 2 saturated heterocycles. The second-order valence-corrected chi connectivity index (χ2v) is 15.2. The summed E-state index contributed by atoms with van der Waals surface area (Å²) in [7, 11) is 0. The van der Waals surface area contributed by atoms with Gasteiger partial charge in [0.2, 0.25) is 17.7 Å². The van der Waals surface area contributed by atoms with Crippen molar-refractivity contribution in [2.75, 3.05) is 52.5 Å². The van der Waals surface area contributed by atoms with Gasteiger partial charge in [-0.2, -0.15) is 15.4 Å². The molecule has 55 heavy (non-hydrogen) atoms. The first-order chi connectivity index (χ1) is 26.1. The molecule has 0 radical (unpaired) electrons. The Bertz CT molecular complexity index is 1650. The van der Waals surface area contributed by atoms with Crippen LogP contribution in [0.25, 0.3) is 0 Å². The van der Waals surface area contributed by atoms with E-state index in [0.717, 1.165) is 5.56 Å². The van der Waals surface area contributed by atoms with Crippen LogP contribution in [-0.4, -0.2) is 126 Å². The van der Waals surface area contributed by atoms with Gasteiger partial charge in [0.15, 0.2) is 23.8 Å². The topological polar surface area (TPSA) is 232 Å². The van der Waals surface area contributed by atoms with Crippen molar-refractivity contribution in [3.05, 3.63) is 35.7 Å². The zero-order valence-electron chi connectivity index (χ0n) is 32.5. The number of benzene rings is 1. The van der Waals surface area contributed by atoms with E-state index in [2.05, 4.69) is 36.7 Å². The predicted octanol–water partition coefficient (Wildman–Crippen LogP) is 0.308. The fraction of sp³-hybridized carbons (Fsp3) is 0.622. The summed E-state index contributed by atoms with van der Waals surface area (Å²) < 4.78 is 22.5. The number of aromatic nitrogens is 3. The van der Waals surface area contributed by atoms with Crippen LogP contribution in [0.15, 0.2) is 24.4 Å². The van der Waals surface area contributed by atoms with E-state index in [1.54, 1.807) is 25.1 Å². The van der Waals surface area contributed by atoms with Crippen molar-refractivity contribution >= 4 is 35.4 Å². The standard InChI is InChI=1S/C37H54N8O10/c1-23(2)13-28(35(50)37(6)22-54-37)41-33(48)18-39-36(51)29(14-24(3)4)42-32(47)17-38-34(49)20-45(9-11-52-12-10-45)19-26-7-8-30(55-25(5)46)31(15-26)53-21-27-16-40-44-43-27/h7-8,15-16,23-24,28-29H,9-14,17-22H2,1-6H3,(H4-,38,39,40,41,42,43,44,47,48,49,51)/p+1/t28-,29-,37+/m0/s1. The van der Waals surface area contributed by atoms with E-state index in [-0.39, 0.29) is 61.9 Å². The number of carbonyl (C=O) groups is 6. The molecule has 5 N–H and O–H groups in total. The highest BCUT2D eigenvalue weighted by atomic mass is 16.6. The number of carbonyl (C=O) groups excluding carboxylic acids is 6. The molecule has 0 bridgehead atoms. The molecule has 3 heterocycles. The van der Waals surface area contributed by atoms with Gasteiger partial charge in [0, 0.05) is 12.5 Å². The average Bonchev–Trinajstić information content (AvgIpc) is 3.64. The first-order valence-corrected chi connectivity index (χ1v) is 18.6. The number of epoxide rings is 1. The third kappa shape index (κ3) is 13.7. The fourth-order valence-electron chi connectivity index (χ4n) is 6.28. The lowest BCUT2D eigenvalue weighted by atomic mass is 9.93. The summed E-state index contributed by atoms with van der Waals surface area (Å²) in [5.41, 5.74) is 0.471. The first-order valence-electron chi connectivity index (χ1n) is 18.6. The Morgan fingerprint density at radius 2 is 1.55 bits per heavy atom. The Hall–Kier alpha value is -4.94. The second-order valence-electron chi connectivity index (χ2n) is 15.2. The molecule has 4 amide bonds. The summed E-state index contributed by atoms with van der Waals surface area (Å²) in [5.74, 6) is -2.01. The minimum absolute atomic E-state index is 0.0220. The highest BCUT2D eigenvalue weighted by Crippen LogP contribution is 2.32. The summed E-state index contributed by atoms with van der Waals surface area (Å²) in [6, 6.07) is 3.49. The average molecular weight is 772 g/mol. The SMILES string of the molecule is CC(=O)Oc1ccc(C[N+]2(CC(=O)NCC(=O)N[C@@H](CC(C)C)C(=O)NCC(=O)N[C@@H](CC(C)C)C(=O)[C@@]3(C)CO3)CCOCC2)cc1OCc1cn[nH]n1. The van der Waals surface area contributed by atoms with E-state index >= 15 is 0 Å². The molecule has 0 saturated carbocycles. The third-order valence-electron chi connectivity index (χ3n) is 9.20. The normalized spacial score (nSPS) is 18.5. The van der Waals surface area contributed by atoms with E-state index in [4.69, 9.17) is 18.9 Å². The van der Waals surface area contributed by atoms with Crippen molar-refractivity contribution < 1.29 is 52.2 Å². The fourth-order valence-corrected chi connectivity index (χ4v) is 6.28. The van der Waals surface area contributed by atoms with Gasteiger partial charge in [-0.05, 0) is 49.8 Å². The van der Waals surface area contributed by atoms with Gasteiger partial charge in [-0.1, -0.05) is 27.7 Å². The number of nitrogens with zero attached hydrogens (tertiary/aromatic N) is 3. The zero-order chi connectivity index (χ0) is 40.2. The molecular formula is C37H55N8O10+. The Morgan fingerprint density at radius 3 is 2.15 bits per heavy atom. The van der Waals surface area contributed by atoms with Crippen LogP contribution in [-0.2, 0) is 51.4 Å². The quantitative estimate of drug-likeness (QED) is 0.0500. The second kappa shape index (κ2) is 19.6. The first kappa shape index (κ1) is 42.8. The number of amides is 4. The van der Waals surface area contributed by atoms with Gasteiger partial charge in [-0.3, -0.25) is 28.8 Å². The minimum atomic E-state index is -0.961.